The Hall–Kier alpha value is -2.95. The fourth-order valence-electron chi connectivity index (χ4n) is 2.86. The molecule has 7 heteroatoms. The Morgan fingerprint density at radius 2 is 1.93 bits per heavy atom. The summed E-state index contributed by atoms with van der Waals surface area (Å²) >= 11 is 0. The number of amides is 1. The van der Waals surface area contributed by atoms with E-state index in [0.29, 0.717) is 30.9 Å². The molecule has 2 N–H and O–H groups in total. The fourth-order valence-corrected chi connectivity index (χ4v) is 2.86. The third-order valence-corrected chi connectivity index (χ3v) is 4.51. The third kappa shape index (κ3) is 5.53. The number of carbonyl (C=O) groups excluding carboxylic acids is 1. The van der Waals surface area contributed by atoms with Crippen molar-refractivity contribution in [1.29, 1.82) is 0 Å². The summed E-state index contributed by atoms with van der Waals surface area (Å²) in [6.45, 7) is 6.01. The van der Waals surface area contributed by atoms with Gasteiger partial charge >= 0.3 is 0 Å². The Morgan fingerprint density at radius 1 is 1.21 bits per heavy atom. The number of benzene rings is 2. The molecule has 0 unspecified atom stereocenters. The van der Waals surface area contributed by atoms with E-state index in [-0.39, 0.29) is 11.5 Å². The highest BCUT2D eigenvalue weighted by molar-refractivity contribution is 6.38. The van der Waals surface area contributed by atoms with Gasteiger partial charge in [-0.15, -0.1) is 6.58 Å². The van der Waals surface area contributed by atoms with Crippen LogP contribution in [0.1, 0.15) is 30.9 Å². The number of anilines is 1. The minimum atomic E-state index is -2.36. The van der Waals surface area contributed by atoms with Crippen LogP contribution in [-0.2, 0) is 16.9 Å². The van der Waals surface area contributed by atoms with E-state index >= 15 is 0 Å². The number of rotatable bonds is 8. The maximum atomic E-state index is 13.5. The smallest absolute Gasteiger partial charge is 0.224 e. The molecule has 4 nitrogen and oxygen atoms in total. The molecule has 0 spiro atoms. The highest BCUT2D eigenvalue weighted by Gasteiger charge is 2.17. The van der Waals surface area contributed by atoms with Gasteiger partial charge in [0, 0.05) is 23.5 Å². The predicted molar refractivity (Wildman–Crippen MR) is 116 cm³/mol. The molecule has 1 heterocycles. The second-order valence-electron chi connectivity index (χ2n) is 7.17. The number of hydrogen-bond acceptors (Lipinski definition) is 2. The van der Waals surface area contributed by atoms with E-state index < -0.39 is 5.47 Å². The van der Waals surface area contributed by atoms with Crippen LogP contribution in [0, 0.1) is 0 Å². The first-order chi connectivity index (χ1) is 13.7. The largest absolute Gasteiger partial charge is 0.489 e. The van der Waals surface area contributed by atoms with Crippen LogP contribution in [0.25, 0.3) is 10.9 Å². The van der Waals surface area contributed by atoms with Gasteiger partial charge in [0.1, 0.15) is 28.0 Å². The number of fused-ring (bicyclic) bond motifs is 1. The highest BCUT2D eigenvalue weighted by atomic mass is 19.1. The molecule has 0 aliphatic rings. The van der Waals surface area contributed by atoms with Gasteiger partial charge in [0.05, 0.1) is 11.2 Å². The number of nitrogens with one attached hydrogen (secondary N) is 2. The molecule has 144 valence electrons. The first-order valence-corrected chi connectivity index (χ1v) is 9.26. The van der Waals surface area contributed by atoms with Crippen LogP contribution in [0.5, 0.6) is 5.75 Å². The zero-order valence-electron chi connectivity index (χ0n) is 16.3. The number of allylic oxidation sites excluding steroid dienone is 1. The number of carbonyl (C=O) groups is 1. The van der Waals surface area contributed by atoms with Crippen molar-refractivity contribution in [3.05, 3.63) is 71.9 Å². The van der Waals surface area contributed by atoms with E-state index in [1.54, 1.807) is 18.3 Å². The van der Waals surface area contributed by atoms with Gasteiger partial charge in [0.25, 0.3) is 0 Å². The average molecular weight is 386 g/mol. The summed E-state index contributed by atoms with van der Waals surface area (Å²) < 4.78 is 19.4. The molecule has 1 aromatic heterocycles. The molecule has 29 heavy (non-hydrogen) atoms. The predicted octanol–water partition coefficient (Wildman–Crippen LogP) is 4.46. The lowest BCUT2D eigenvalue weighted by molar-refractivity contribution is -0.116. The fraction of sp³-hybridized carbons (Fsp3) is 0.227. The summed E-state index contributed by atoms with van der Waals surface area (Å²) in [5.41, 5.74) is 1.25. The van der Waals surface area contributed by atoms with Crippen LogP contribution >= 0.6 is 0 Å². The van der Waals surface area contributed by atoms with E-state index in [1.165, 1.54) is 12.1 Å². The van der Waals surface area contributed by atoms with Gasteiger partial charge in [0.2, 0.25) is 5.91 Å². The number of aromatic nitrogens is 1. The molecule has 0 atom stereocenters. The van der Waals surface area contributed by atoms with Crippen molar-refractivity contribution in [3.8, 4) is 5.75 Å². The van der Waals surface area contributed by atoms with Crippen molar-refractivity contribution < 1.29 is 13.9 Å². The summed E-state index contributed by atoms with van der Waals surface area (Å²) in [4.78, 5) is 15.2. The third-order valence-electron chi connectivity index (χ3n) is 4.51. The molecule has 3 rings (SSSR count). The molecular weight excluding hydrogens is 365 g/mol. The van der Waals surface area contributed by atoms with Crippen LogP contribution in [0.2, 0.25) is 0 Å². The molecular formula is C22H21B2FN2O2. The Balaban J connectivity index is 1.67. The molecule has 4 radical (unpaired) electrons. The van der Waals surface area contributed by atoms with Gasteiger partial charge in [0.15, 0.2) is 0 Å². The topological polar surface area (TPSA) is 54.1 Å². The number of aromatic amines is 1. The molecule has 0 aliphatic heterocycles. The van der Waals surface area contributed by atoms with Crippen LogP contribution < -0.4 is 10.1 Å². The number of H-pyrrole nitrogens is 1. The Labute approximate surface area is 172 Å². The SMILES string of the molecule is [B]C([B])(F)c1ccc(COc2ccc3[nH]cc(NC(=O)CCC(=C)C)c3c2)cc1. The molecule has 0 fully saturated rings. The molecule has 0 aliphatic carbocycles. The minimum Gasteiger partial charge on any atom is -0.489 e. The molecule has 0 saturated heterocycles. The summed E-state index contributed by atoms with van der Waals surface area (Å²) in [6.07, 6.45) is 2.80. The van der Waals surface area contributed by atoms with E-state index in [0.717, 1.165) is 22.0 Å². The first-order valence-electron chi connectivity index (χ1n) is 9.26. The Kier molecular flexibility index (Phi) is 6.16. The van der Waals surface area contributed by atoms with Crippen molar-refractivity contribution in [2.75, 3.05) is 5.32 Å². The normalized spacial score (nSPS) is 11.4. The van der Waals surface area contributed by atoms with E-state index in [1.807, 2.05) is 25.1 Å². The zero-order valence-corrected chi connectivity index (χ0v) is 16.3. The zero-order chi connectivity index (χ0) is 21.0. The Morgan fingerprint density at radius 3 is 2.59 bits per heavy atom. The molecule has 3 aromatic rings. The summed E-state index contributed by atoms with van der Waals surface area (Å²) in [5, 5.41) is 3.77. The van der Waals surface area contributed by atoms with Gasteiger partial charge < -0.3 is 15.0 Å². The van der Waals surface area contributed by atoms with Crippen LogP contribution in [0.3, 0.4) is 0 Å². The lowest BCUT2D eigenvalue weighted by Crippen LogP contribution is -2.19. The van der Waals surface area contributed by atoms with Crippen molar-refractivity contribution >= 4 is 38.2 Å². The number of hydrogen-bond donors (Lipinski definition) is 2. The van der Waals surface area contributed by atoms with Crippen molar-refractivity contribution in [3.63, 3.8) is 0 Å². The maximum Gasteiger partial charge on any atom is 0.224 e. The highest BCUT2D eigenvalue weighted by Crippen LogP contribution is 2.28. The van der Waals surface area contributed by atoms with E-state index in [9.17, 15) is 9.18 Å². The average Bonchev–Trinajstić information content (AvgIpc) is 3.06. The van der Waals surface area contributed by atoms with Gasteiger partial charge in [-0.05, 0) is 42.7 Å². The van der Waals surface area contributed by atoms with Crippen molar-refractivity contribution in [2.45, 2.75) is 31.8 Å². The number of alkyl halides is 1. The van der Waals surface area contributed by atoms with E-state index in [2.05, 4.69) is 16.9 Å². The van der Waals surface area contributed by atoms with Crippen molar-refractivity contribution in [1.82, 2.24) is 4.98 Å². The maximum absolute atomic E-state index is 13.5. The van der Waals surface area contributed by atoms with Gasteiger partial charge in [-0.1, -0.05) is 29.8 Å². The number of halogens is 1. The van der Waals surface area contributed by atoms with Gasteiger partial charge in [-0.3, -0.25) is 9.18 Å². The second-order valence-corrected chi connectivity index (χ2v) is 7.17. The molecule has 0 saturated carbocycles. The van der Waals surface area contributed by atoms with Crippen LogP contribution in [-0.4, -0.2) is 26.6 Å². The second kappa shape index (κ2) is 8.60. The Bertz CT molecular complexity index is 1020. The van der Waals surface area contributed by atoms with Gasteiger partial charge in [-0.2, -0.15) is 0 Å². The van der Waals surface area contributed by atoms with E-state index in [4.69, 9.17) is 20.4 Å². The molecule has 1 amide bonds. The monoisotopic (exact) mass is 386 g/mol. The lowest BCUT2D eigenvalue weighted by Gasteiger charge is -2.16. The van der Waals surface area contributed by atoms with Crippen LogP contribution in [0.4, 0.5) is 10.1 Å². The van der Waals surface area contributed by atoms with Crippen LogP contribution in [0.15, 0.2) is 60.8 Å². The summed E-state index contributed by atoms with van der Waals surface area (Å²) in [7, 11) is 10.5. The number of ether oxygens (including phenoxy) is 1. The summed E-state index contributed by atoms with van der Waals surface area (Å²) in [6, 6.07) is 12.1. The van der Waals surface area contributed by atoms with Gasteiger partial charge in [-0.25, -0.2) is 0 Å². The summed E-state index contributed by atoms with van der Waals surface area (Å²) in [5.74, 6) is 0.583. The quantitative estimate of drug-likeness (QED) is 0.444. The standard InChI is InChI=1S/C22H21B2FN2O2/c1-14(2)3-10-21(28)27-20-12-26-19-9-8-17(11-18(19)20)29-13-15-4-6-16(7-5-15)22(23,24)25/h4-9,11-12,26H,1,3,10,13H2,2H3,(H,27,28). The van der Waals surface area contributed by atoms with Crippen molar-refractivity contribution in [2.24, 2.45) is 0 Å². The lowest BCUT2D eigenvalue weighted by atomic mass is 9.63. The molecule has 2 aromatic carbocycles. The first kappa shape index (κ1) is 20.8. The minimum absolute atomic E-state index is 0.0657. The molecule has 0 bridgehead atoms.